The minimum Gasteiger partial charge on any atom is -0.514 e. The van der Waals surface area contributed by atoms with Crippen molar-refractivity contribution in [2.75, 3.05) is 0 Å². The van der Waals surface area contributed by atoms with Crippen LogP contribution < -0.4 is 0 Å². The molecule has 127 valence electrons. The van der Waals surface area contributed by atoms with Gasteiger partial charge in [-0.25, -0.2) is 0 Å². The van der Waals surface area contributed by atoms with E-state index in [4.69, 9.17) is 11.3 Å². The van der Waals surface area contributed by atoms with E-state index in [1.54, 1.807) is 0 Å². The molecule has 0 aromatic rings. The van der Waals surface area contributed by atoms with Crippen molar-refractivity contribution in [3.63, 3.8) is 0 Å². The molecule has 3 fully saturated rings. The number of esters is 1. The smallest absolute Gasteiger partial charge is 0.309 e. The summed E-state index contributed by atoms with van der Waals surface area (Å²) < 4.78 is 5.47. The Bertz CT molecular complexity index is 461. The molecule has 0 aromatic carbocycles. The molecule has 23 heavy (non-hydrogen) atoms. The van der Waals surface area contributed by atoms with Crippen molar-refractivity contribution in [2.24, 2.45) is 29.1 Å². The molecule has 1 radical (unpaired) electrons. The van der Waals surface area contributed by atoms with Crippen molar-refractivity contribution in [1.82, 2.24) is 0 Å². The molecule has 1 saturated heterocycles. The fourth-order valence-corrected chi connectivity index (χ4v) is 5.66. The van der Waals surface area contributed by atoms with Crippen LogP contribution in [0.5, 0.6) is 0 Å². The van der Waals surface area contributed by atoms with E-state index in [0.29, 0.717) is 17.3 Å². The van der Waals surface area contributed by atoms with E-state index in [9.17, 15) is 4.79 Å². The Morgan fingerprint density at radius 2 is 2.13 bits per heavy atom. The van der Waals surface area contributed by atoms with E-state index < -0.39 is 0 Å². The van der Waals surface area contributed by atoms with E-state index in [-0.39, 0.29) is 50.7 Å². The second kappa shape index (κ2) is 7.69. The van der Waals surface area contributed by atoms with Crippen LogP contribution in [0.3, 0.4) is 0 Å². The largest absolute Gasteiger partial charge is 0.514 e. The van der Waals surface area contributed by atoms with Gasteiger partial charge in [0.25, 0.3) is 0 Å². The van der Waals surface area contributed by atoms with Crippen LogP contribution in [0, 0.1) is 35.7 Å². The molecule has 0 amide bonds. The van der Waals surface area contributed by atoms with E-state index in [1.807, 2.05) is 6.92 Å². The topological polar surface area (TPSA) is 26.3 Å². The predicted octanol–water partition coefficient (Wildman–Crippen LogP) is 4.93. The van der Waals surface area contributed by atoms with Crippen molar-refractivity contribution in [2.45, 2.75) is 78.2 Å². The fraction of sp³-hybridized carbons (Fsp3) is 0.850. The molecule has 0 N–H and O–H groups in total. The molecule has 1 heterocycles. The molecular formula is C20H31O2Y-. The zero-order valence-corrected chi connectivity index (χ0v) is 17.9. The van der Waals surface area contributed by atoms with Gasteiger partial charge in [0.15, 0.2) is 0 Å². The normalized spacial score (nSPS) is 41.2. The summed E-state index contributed by atoms with van der Waals surface area (Å²) in [5.41, 5.74) is 1.68. The summed E-state index contributed by atoms with van der Waals surface area (Å²) in [7, 11) is 0. The number of allylic oxidation sites excluding steroid dienone is 1. The van der Waals surface area contributed by atoms with E-state index in [0.717, 1.165) is 25.2 Å². The molecule has 0 spiro atoms. The summed E-state index contributed by atoms with van der Waals surface area (Å²) in [4.78, 5) is 11.5. The van der Waals surface area contributed by atoms with E-state index >= 15 is 0 Å². The maximum absolute atomic E-state index is 11.5. The average Bonchev–Trinajstić information content (AvgIpc) is 2.97. The van der Waals surface area contributed by atoms with Crippen molar-refractivity contribution < 1.29 is 42.2 Å². The van der Waals surface area contributed by atoms with Crippen LogP contribution in [0.4, 0.5) is 0 Å². The molecule has 0 bridgehead atoms. The van der Waals surface area contributed by atoms with Gasteiger partial charge >= 0.3 is 5.97 Å². The number of hydrogen-bond acceptors (Lipinski definition) is 2. The number of carbonyl (C=O) groups is 1. The molecule has 4 unspecified atom stereocenters. The van der Waals surface area contributed by atoms with Crippen molar-refractivity contribution in [3.05, 3.63) is 12.2 Å². The second-order valence-electron chi connectivity index (χ2n) is 8.42. The zero-order chi connectivity index (χ0) is 15.9. The van der Waals surface area contributed by atoms with Crippen LogP contribution in [0.25, 0.3) is 0 Å². The Kier molecular flexibility index (Phi) is 6.56. The molecule has 2 nitrogen and oxygen atoms in total. The Morgan fingerprint density at radius 1 is 1.39 bits per heavy atom. The molecule has 0 aromatic heterocycles. The van der Waals surface area contributed by atoms with E-state index in [2.05, 4.69) is 13.8 Å². The standard InChI is InChI=1S/C20H31O2.Y/c1-13-6-5-11-20(4)17(13)9-10-18(20)14(2)7-8-16-12-15(3)19(21)22-16;/h1,14-18H,5-12H2,2-4H3;/q-1;/t14?,15?,16?,17?,18-,20+;/m1./s1. The van der Waals surface area contributed by atoms with Gasteiger partial charge < -0.3 is 11.3 Å². The Hall–Kier alpha value is 0.314. The van der Waals surface area contributed by atoms with Gasteiger partial charge in [-0.15, -0.1) is 0 Å². The number of ether oxygens (including phenoxy) is 1. The second-order valence-corrected chi connectivity index (χ2v) is 8.42. The summed E-state index contributed by atoms with van der Waals surface area (Å²) in [6.07, 6.45) is 9.64. The van der Waals surface area contributed by atoms with Crippen LogP contribution in [0.1, 0.15) is 72.1 Å². The number of hydrogen-bond donors (Lipinski definition) is 0. The third-order valence-electron chi connectivity index (χ3n) is 6.97. The Labute approximate surface area is 167 Å². The van der Waals surface area contributed by atoms with Gasteiger partial charge in [0.1, 0.15) is 6.10 Å². The SMILES string of the molecule is [CH-]=C1CCC[C@@]2(C)C1CC[C@@H]2C(C)CCC1CC(C)C(=O)O1.[Y]. The fourth-order valence-electron chi connectivity index (χ4n) is 5.66. The molecule has 3 heteroatoms. The first-order valence-corrected chi connectivity index (χ1v) is 9.23. The quantitative estimate of drug-likeness (QED) is 0.501. The minimum absolute atomic E-state index is 0. The van der Waals surface area contributed by atoms with Crippen LogP contribution in [-0.4, -0.2) is 12.1 Å². The zero-order valence-electron chi connectivity index (χ0n) is 15.0. The van der Waals surface area contributed by atoms with Crippen molar-refractivity contribution in [1.29, 1.82) is 0 Å². The first-order chi connectivity index (χ1) is 10.4. The van der Waals surface area contributed by atoms with E-state index in [1.165, 1.54) is 37.7 Å². The summed E-state index contributed by atoms with van der Waals surface area (Å²) in [5.74, 6) is 2.24. The molecule has 2 saturated carbocycles. The number of fused-ring (bicyclic) bond motifs is 1. The van der Waals surface area contributed by atoms with Crippen molar-refractivity contribution >= 4 is 5.97 Å². The molecule has 2 aliphatic carbocycles. The molecular weight excluding hydrogens is 361 g/mol. The maximum Gasteiger partial charge on any atom is 0.309 e. The molecule has 3 rings (SSSR count). The molecule has 3 aliphatic rings. The minimum atomic E-state index is 0. The third kappa shape index (κ3) is 3.79. The first-order valence-electron chi connectivity index (χ1n) is 9.23. The summed E-state index contributed by atoms with van der Waals surface area (Å²) in [5, 5.41) is 0. The maximum atomic E-state index is 11.5. The molecule has 6 atom stereocenters. The predicted molar refractivity (Wildman–Crippen MR) is 88.0 cm³/mol. The van der Waals surface area contributed by atoms with Crippen molar-refractivity contribution in [3.8, 4) is 0 Å². The van der Waals surface area contributed by atoms with Gasteiger partial charge in [0.05, 0.1) is 5.92 Å². The Balaban J connectivity index is 0.00000192. The average molecular weight is 392 g/mol. The Morgan fingerprint density at radius 3 is 2.78 bits per heavy atom. The van der Waals surface area contributed by atoms with Gasteiger partial charge in [-0.2, -0.15) is 0 Å². The van der Waals surface area contributed by atoms with Gasteiger partial charge in [-0.3, -0.25) is 10.4 Å². The van der Waals surface area contributed by atoms with Gasteiger partial charge in [-0.1, -0.05) is 33.6 Å². The van der Waals surface area contributed by atoms with Crippen LogP contribution >= 0.6 is 0 Å². The molecule has 1 aliphatic heterocycles. The van der Waals surface area contributed by atoms with Crippen LogP contribution in [0.2, 0.25) is 0 Å². The number of carbonyl (C=O) groups excluding carboxylic acids is 1. The summed E-state index contributed by atoms with van der Waals surface area (Å²) in [6.45, 7) is 13.2. The van der Waals surface area contributed by atoms with Gasteiger partial charge in [0.2, 0.25) is 0 Å². The summed E-state index contributed by atoms with van der Waals surface area (Å²) in [6, 6.07) is 0. The third-order valence-corrected chi connectivity index (χ3v) is 6.97. The van der Waals surface area contributed by atoms with Gasteiger partial charge in [0, 0.05) is 32.7 Å². The number of cyclic esters (lactones) is 1. The van der Waals surface area contributed by atoms with Crippen LogP contribution in [0.15, 0.2) is 5.57 Å². The first kappa shape index (κ1) is 19.6. The number of rotatable bonds is 4. The van der Waals surface area contributed by atoms with Gasteiger partial charge in [-0.05, 0) is 61.7 Å². The monoisotopic (exact) mass is 392 g/mol. The summed E-state index contributed by atoms with van der Waals surface area (Å²) >= 11 is 0. The van der Waals surface area contributed by atoms with Crippen LogP contribution in [-0.2, 0) is 42.2 Å².